The van der Waals surface area contributed by atoms with E-state index < -0.39 is 6.09 Å². The molecule has 0 bridgehead atoms. The highest BCUT2D eigenvalue weighted by Crippen LogP contribution is 2.25. The molecule has 0 saturated carbocycles. The maximum atomic E-state index is 11.4. The number of carbonyl (C=O) groups excluding carboxylic acids is 1. The lowest BCUT2D eigenvalue weighted by Gasteiger charge is -2.10. The van der Waals surface area contributed by atoms with Crippen LogP contribution in [-0.2, 0) is 4.74 Å². The fraction of sp³-hybridized carbons (Fsp3) is 0.111. The summed E-state index contributed by atoms with van der Waals surface area (Å²) in [5, 5.41) is 12.3. The SMILES string of the molecule is CCOC(=O)Nc1ccc(-n2ccnc2-c2cccc(O)c2)cc1. The fourth-order valence-corrected chi connectivity index (χ4v) is 2.36. The van der Waals surface area contributed by atoms with Crippen molar-refractivity contribution in [3.63, 3.8) is 0 Å². The molecular weight excluding hydrogens is 306 g/mol. The predicted molar refractivity (Wildman–Crippen MR) is 91.3 cm³/mol. The molecule has 0 atom stereocenters. The molecule has 0 unspecified atom stereocenters. The number of hydrogen-bond acceptors (Lipinski definition) is 4. The fourth-order valence-electron chi connectivity index (χ4n) is 2.36. The van der Waals surface area contributed by atoms with Gasteiger partial charge in [0.15, 0.2) is 0 Å². The van der Waals surface area contributed by atoms with Crippen molar-refractivity contribution in [2.45, 2.75) is 6.92 Å². The second-order valence-corrected chi connectivity index (χ2v) is 5.06. The lowest BCUT2D eigenvalue weighted by Crippen LogP contribution is -2.13. The highest BCUT2D eigenvalue weighted by atomic mass is 16.5. The van der Waals surface area contributed by atoms with Crippen LogP contribution in [-0.4, -0.2) is 27.4 Å². The summed E-state index contributed by atoms with van der Waals surface area (Å²) >= 11 is 0. The topological polar surface area (TPSA) is 76.4 Å². The number of amides is 1. The van der Waals surface area contributed by atoms with Crippen molar-refractivity contribution >= 4 is 11.8 Å². The molecule has 1 aromatic heterocycles. The van der Waals surface area contributed by atoms with Gasteiger partial charge in [-0.05, 0) is 43.3 Å². The molecule has 2 N–H and O–H groups in total. The minimum absolute atomic E-state index is 0.191. The van der Waals surface area contributed by atoms with Gasteiger partial charge in [-0.15, -0.1) is 0 Å². The van der Waals surface area contributed by atoms with Crippen LogP contribution in [0.3, 0.4) is 0 Å². The molecule has 1 amide bonds. The van der Waals surface area contributed by atoms with E-state index in [1.807, 2.05) is 29.0 Å². The molecule has 0 aliphatic rings. The van der Waals surface area contributed by atoms with Crippen LogP contribution in [0.15, 0.2) is 60.9 Å². The molecule has 122 valence electrons. The van der Waals surface area contributed by atoms with E-state index in [1.165, 1.54) is 0 Å². The third kappa shape index (κ3) is 3.38. The monoisotopic (exact) mass is 323 g/mol. The van der Waals surface area contributed by atoms with E-state index in [0.29, 0.717) is 12.3 Å². The van der Waals surface area contributed by atoms with Crippen molar-refractivity contribution < 1.29 is 14.6 Å². The summed E-state index contributed by atoms with van der Waals surface area (Å²) in [5.41, 5.74) is 2.35. The van der Waals surface area contributed by atoms with Crippen molar-refractivity contribution in [1.82, 2.24) is 9.55 Å². The van der Waals surface area contributed by atoms with Crippen LogP contribution >= 0.6 is 0 Å². The van der Waals surface area contributed by atoms with Gasteiger partial charge in [0.05, 0.1) is 6.61 Å². The molecule has 0 aliphatic carbocycles. The van der Waals surface area contributed by atoms with Gasteiger partial charge in [0, 0.05) is 29.3 Å². The Bertz CT molecular complexity index is 841. The average molecular weight is 323 g/mol. The maximum absolute atomic E-state index is 11.4. The number of carbonyl (C=O) groups is 1. The Labute approximate surface area is 139 Å². The second-order valence-electron chi connectivity index (χ2n) is 5.06. The molecular formula is C18H17N3O3. The van der Waals surface area contributed by atoms with Gasteiger partial charge in [0.1, 0.15) is 11.6 Å². The van der Waals surface area contributed by atoms with Gasteiger partial charge < -0.3 is 9.84 Å². The highest BCUT2D eigenvalue weighted by Gasteiger charge is 2.09. The first-order chi connectivity index (χ1) is 11.7. The first kappa shape index (κ1) is 15.6. The van der Waals surface area contributed by atoms with Crippen LogP contribution in [0.2, 0.25) is 0 Å². The molecule has 2 aromatic carbocycles. The van der Waals surface area contributed by atoms with Gasteiger partial charge in [-0.3, -0.25) is 9.88 Å². The molecule has 0 fully saturated rings. The van der Waals surface area contributed by atoms with E-state index in [1.54, 1.807) is 43.5 Å². The minimum atomic E-state index is -0.478. The number of anilines is 1. The first-order valence-corrected chi connectivity index (χ1v) is 7.54. The Balaban J connectivity index is 1.86. The standard InChI is InChI=1S/C18H17N3O3/c1-2-24-18(23)20-14-6-8-15(9-7-14)21-11-10-19-17(21)13-4-3-5-16(22)12-13/h3-12,22H,2H2,1H3,(H,20,23). The Morgan fingerprint density at radius 1 is 1.25 bits per heavy atom. The molecule has 6 nitrogen and oxygen atoms in total. The highest BCUT2D eigenvalue weighted by molar-refractivity contribution is 5.84. The zero-order chi connectivity index (χ0) is 16.9. The van der Waals surface area contributed by atoms with Gasteiger partial charge in [-0.2, -0.15) is 0 Å². The molecule has 24 heavy (non-hydrogen) atoms. The summed E-state index contributed by atoms with van der Waals surface area (Å²) in [6, 6.07) is 14.3. The number of phenolic OH excluding ortho intramolecular Hbond substituents is 1. The van der Waals surface area contributed by atoms with E-state index >= 15 is 0 Å². The van der Waals surface area contributed by atoms with Crippen LogP contribution in [0.25, 0.3) is 17.1 Å². The average Bonchev–Trinajstić information content (AvgIpc) is 3.05. The van der Waals surface area contributed by atoms with Crippen molar-refractivity contribution in [1.29, 1.82) is 0 Å². The predicted octanol–water partition coefficient (Wildman–Crippen LogP) is 3.81. The molecule has 3 aromatic rings. The molecule has 1 heterocycles. The maximum Gasteiger partial charge on any atom is 0.411 e. The number of aromatic hydroxyl groups is 1. The van der Waals surface area contributed by atoms with E-state index in [9.17, 15) is 9.90 Å². The van der Waals surface area contributed by atoms with Crippen molar-refractivity contribution in [2.75, 3.05) is 11.9 Å². The number of benzene rings is 2. The number of rotatable bonds is 4. The molecule has 0 spiro atoms. The molecule has 3 rings (SSSR count). The molecule has 0 saturated heterocycles. The van der Waals surface area contributed by atoms with Crippen molar-refractivity contribution in [2.24, 2.45) is 0 Å². The van der Waals surface area contributed by atoms with Crippen LogP contribution in [0.4, 0.5) is 10.5 Å². The largest absolute Gasteiger partial charge is 0.508 e. The van der Waals surface area contributed by atoms with Gasteiger partial charge >= 0.3 is 6.09 Å². The van der Waals surface area contributed by atoms with E-state index in [2.05, 4.69) is 10.3 Å². The summed E-state index contributed by atoms with van der Waals surface area (Å²) in [6.07, 6.45) is 3.06. The van der Waals surface area contributed by atoms with Crippen LogP contribution in [0.1, 0.15) is 6.92 Å². The van der Waals surface area contributed by atoms with Crippen molar-refractivity contribution in [3.8, 4) is 22.8 Å². The van der Waals surface area contributed by atoms with E-state index in [4.69, 9.17) is 4.74 Å². The van der Waals surface area contributed by atoms with Crippen LogP contribution in [0.5, 0.6) is 5.75 Å². The summed E-state index contributed by atoms with van der Waals surface area (Å²) in [6.45, 7) is 2.08. The second kappa shape index (κ2) is 6.87. The quantitative estimate of drug-likeness (QED) is 0.765. The summed E-state index contributed by atoms with van der Waals surface area (Å²) in [4.78, 5) is 15.8. The lowest BCUT2D eigenvalue weighted by atomic mass is 10.2. The van der Waals surface area contributed by atoms with Crippen LogP contribution < -0.4 is 5.32 Å². The number of nitrogens with one attached hydrogen (secondary N) is 1. The number of ether oxygens (including phenoxy) is 1. The number of aromatic nitrogens is 2. The molecule has 0 radical (unpaired) electrons. The zero-order valence-electron chi connectivity index (χ0n) is 13.1. The summed E-state index contributed by atoms with van der Waals surface area (Å²) in [7, 11) is 0. The zero-order valence-corrected chi connectivity index (χ0v) is 13.1. The number of imidazole rings is 1. The van der Waals surface area contributed by atoms with Gasteiger partial charge in [-0.25, -0.2) is 9.78 Å². The minimum Gasteiger partial charge on any atom is -0.508 e. The van der Waals surface area contributed by atoms with E-state index in [0.717, 1.165) is 17.1 Å². The smallest absolute Gasteiger partial charge is 0.411 e. The third-order valence-electron chi connectivity index (χ3n) is 3.41. The summed E-state index contributed by atoms with van der Waals surface area (Å²) < 4.78 is 6.75. The number of hydrogen-bond donors (Lipinski definition) is 2. The normalized spacial score (nSPS) is 10.4. The Morgan fingerprint density at radius 3 is 2.75 bits per heavy atom. The van der Waals surface area contributed by atoms with Crippen LogP contribution in [0, 0.1) is 0 Å². The third-order valence-corrected chi connectivity index (χ3v) is 3.41. The lowest BCUT2D eigenvalue weighted by molar-refractivity contribution is 0.168. The van der Waals surface area contributed by atoms with E-state index in [-0.39, 0.29) is 5.75 Å². The van der Waals surface area contributed by atoms with Gasteiger partial charge in [-0.1, -0.05) is 12.1 Å². The van der Waals surface area contributed by atoms with Gasteiger partial charge in [0.2, 0.25) is 0 Å². The Hall–Kier alpha value is -3.28. The Morgan fingerprint density at radius 2 is 2.04 bits per heavy atom. The Kier molecular flexibility index (Phi) is 4.47. The van der Waals surface area contributed by atoms with Gasteiger partial charge in [0.25, 0.3) is 0 Å². The molecule has 6 heteroatoms. The summed E-state index contributed by atoms with van der Waals surface area (Å²) in [5.74, 6) is 0.910. The first-order valence-electron chi connectivity index (χ1n) is 7.54. The number of nitrogens with zero attached hydrogens (tertiary/aromatic N) is 2. The molecule has 0 aliphatic heterocycles. The van der Waals surface area contributed by atoms with Crippen molar-refractivity contribution in [3.05, 3.63) is 60.9 Å². The number of phenols is 1.